The fraction of sp³-hybridized carbons (Fsp3) is 0.538. The lowest BCUT2D eigenvalue weighted by Crippen LogP contribution is -2.31. The van der Waals surface area contributed by atoms with Crippen molar-refractivity contribution in [2.45, 2.75) is 19.3 Å². The molecule has 1 aromatic heterocycles. The third-order valence-corrected chi connectivity index (χ3v) is 2.91. The average Bonchev–Trinajstić information content (AvgIpc) is 2.37. The predicted molar refractivity (Wildman–Crippen MR) is 67.0 cm³/mol. The molecule has 3 nitrogen and oxygen atoms in total. The molecule has 16 heavy (non-hydrogen) atoms. The Hall–Kier alpha value is -1.22. The number of piperidine rings is 1. The minimum absolute atomic E-state index is 0.885. The van der Waals surface area contributed by atoms with Crippen molar-refractivity contribution in [1.82, 2.24) is 9.88 Å². The van der Waals surface area contributed by atoms with Gasteiger partial charge < -0.3 is 4.90 Å². The van der Waals surface area contributed by atoms with Crippen molar-refractivity contribution in [1.29, 1.82) is 0 Å². The van der Waals surface area contributed by atoms with Crippen molar-refractivity contribution >= 4 is 6.21 Å². The first kappa shape index (κ1) is 11.3. The number of likely N-dealkylation sites (tertiary alicyclic amines) is 1. The third kappa shape index (κ3) is 3.74. The fourth-order valence-corrected chi connectivity index (χ4v) is 1.99. The van der Waals surface area contributed by atoms with E-state index in [1.54, 1.807) is 6.20 Å². The monoisotopic (exact) mass is 217 g/mol. The highest BCUT2D eigenvalue weighted by Crippen LogP contribution is 2.07. The summed E-state index contributed by atoms with van der Waals surface area (Å²) < 4.78 is 0. The molecule has 1 aliphatic heterocycles. The molecule has 1 fully saturated rings. The third-order valence-electron chi connectivity index (χ3n) is 2.91. The van der Waals surface area contributed by atoms with E-state index in [4.69, 9.17) is 0 Å². The van der Waals surface area contributed by atoms with Crippen LogP contribution in [0, 0.1) is 0 Å². The summed E-state index contributed by atoms with van der Waals surface area (Å²) in [5.41, 5.74) is 0.946. The summed E-state index contributed by atoms with van der Waals surface area (Å²) in [5, 5.41) is 0. The quantitative estimate of drug-likeness (QED) is 0.722. The van der Waals surface area contributed by atoms with Gasteiger partial charge in [-0.25, -0.2) is 0 Å². The van der Waals surface area contributed by atoms with Crippen LogP contribution in [0.15, 0.2) is 29.4 Å². The van der Waals surface area contributed by atoms with Gasteiger partial charge in [-0.3, -0.25) is 9.98 Å². The Morgan fingerprint density at radius 2 is 2.12 bits per heavy atom. The zero-order chi connectivity index (χ0) is 11.1. The molecule has 0 N–H and O–H groups in total. The summed E-state index contributed by atoms with van der Waals surface area (Å²) in [7, 11) is 0. The first-order valence-electron chi connectivity index (χ1n) is 6.08. The van der Waals surface area contributed by atoms with Crippen molar-refractivity contribution < 1.29 is 0 Å². The number of aliphatic imine (C=N–C) groups is 1. The van der Waals surface area contributed by atoms with Crippen LogP contribution in [0.5, 0.6) is 0 Å². The molecule has 0 bridgehead atoms. The normalized spacial score (nSPS) is 18.0. The Kier molecular flexibility index (Phi) is 4.50. The summed E-state index contributed by atoms with van der Waals surface area (Å²) in [6, 6.07) is 5.88. The van der Waals surface area contributed by atoms with Gasteiger partial charge in [0.1, 0.15) is 0 Å². The summed E-state index contributed by atoms with van der Waals surface area (Å²) in [5.74, 6) is 0. The van der Waals surface area contributed by atoms with Gasteiger partial charge in [0.25, 0.3) is 0 Å². The van der Waals surface area contributed by atoms with Crippen LogP contribution in [0.25, 0.3) is 0 Å². The lowest BCUT2D eigenvalue weighted by atomic mass is 10.1. The second-order valence-electron chi connectivity index (χ2n) is 4.19. The van der Waals surface area contributed by atoms with Gasteiger partial charge in [-0.05, 0) is 38.1 Å². The Morgan fingerprint density at radius 1 is 1.25 bits per heavy atom. The second kappa shape index (κ2) is 6.38. The van der Waals surface area contributed by atoms with Crippen LogP contribution in [0.3, 0.4) is 0 Å². The Bertz CT molecular complexity index is 315. The molecule has 1 saturated heterocycles. The van der Waals surface area contributed by atoms with E-state index in [0.29, 0.717) is 0 Å². The average molecular weight is 217 g/mol. The van der Waals surface area contributed by atoms with Crippen LogP contribution in [0.1, 0.15) is 25.0 Å². The molecule has 1 aromatic rings. The maximum atomic E-state index is 4.41. The van der Waals surface area contributed by atoms with Crippen molar-refractivity contribution in [3.8, 4) is 0 Å². The van der Waals surface area contributed by atoms with Gasteiger partial charge in [-0.15, -0.1) is 0 Å². The topological polar surface area (TPSA) is 28.5 Å². The van der Waals surface area contributed by atoms with E-state index in [-0.39, 0.29) is 0 Å². The zero-order valence-corrected chi connectivity index (χ0v) is 9.68. The minimum atomic E-state index is 0.885. The van der Waals surface area contributed by atoms with E-state index in [2.05, 4.69) is 14.9 Å². The molecule has 1 aliphatic rings. The summed E-state index contributed by atoms with van der Waals surface area (Å²) in [4.78, 5) is 11.1. The number of rotatable bonds is 4. The van der Waals surface area contributed by atoms with E-state index in [1.807, 2.05) is 24.4 Å². The molecule has 0 amide bonds. The Morgan fingerprint density at radius 3 is 2.88 bits per heavy atom. The summed E-state index contributed by atoms with van der Waals surface area (Å²) in [6.45, 7) is 4.47. The van der Waals surface area contributed by atoms with E-state index < -0.39 is 0 Å². The molecular weight excluding hydrogens is 198 g/mol. The molecule has 0 radical (unpaired) electrons. The maximum absolute atomic E-state index is 4.41. The molecule has 0 spiro atoms. The van der Waals surface area contributed by atoms with Gasteiger partial charge in [-0.1, -0.05) is 12.5 Å². The van der Waals surface area contributed by atoms with E-state index in [0.717, 1.165) is 18.8 Å². The standard InChI is InChI=1S/C13H19N3/c1-4-9-16(10-5-1)11-8-14-12-13-6-2-3-7-15-13/h2-3,6-7,12H,1,4-5,8-11H2. The highest BCUT2D eigenvalue weighted by molar-refractivity contribution is 5.76. The predicted octanol–water partition coefficient (Wildman–Crippen LogP) is 1.99. The van der Waals surface area contributed by atoms with Crippen molar-refractivity contribution in [3.63, 3.8) is 0 Å². The molecule has 0 unspecified atom stereocenters. The van der Waals surface area contributed by atoms with Crippen LogP contribution in [-0.4, -0.2) is 42.3 Å². The number of hydrogen-bond donors (Lipinski definition) is 0. The SMILES string of the molecule is C(=NCCN1CCCCC1)c1ccccn1. The van der Waals surface area contributed by atoms with Gasteiger partial charge in [0.05, 0.1) is 12.2 Å². The highest BCUT2D eigenvalue weighted by Gasteiger charge is 2.08. The summed E-state index contributed by atoms with van der Waals surface area (Å²) in [6.07, 6.45) is 7.76. The van der Waals surface area contributed by atoms with Gasteiger partial charge >= 0.3 is 0 Å². The number of aromatic nitrogens is 1. The van der Waals surface area contributed by atoms with Gasteiger partial charge in [0, 0.05) is 19.0 Å². The van der Waals surface area contributed by atoms with Crippen LogP contribution in [0.4, 0.5) is 0 Å². The van der Waals surface area contributed by atoms with Crippen molar-refractivity contribution in [2.75, 3.05) is 26.2 Å². The molecule has 3 heteroatoms. The van der Waals surface area contributed by atoms with Crippen molar-refractivity contribution in [3.05, 3.63) is 30.1 Å². The fourth-order valence-electron chi connectivity index (χ4n) is 1.99. The van der Waals surface area contributed by atoms with Crippen LogP contribution in [0.2, 0.25) is 0 Å². The minimum Gasteiger partial charge on any atom is -0.301 e. The van der Waals surface area contributed by atoms with Crippen LogP contribution < -0.4 is 0 Å². The maximum Gasteiger partial charge on any atom is 0.0807 e. The first-order valence-corrected chi connectivity index (χ1v) is 6.08. The number of hydrogen-bond acceptors (Lipinski definition) is 3. The largest absolute Gasteiger partial charge is 0.301 e. The molecule has 2 rings (SSSR count). The van der Waals surface area contributed by atoms with E-state index >= 15 is 0 Å². The summed E-state index contributed by atoms with van der Waals surface area (Å²) >= 11 is 0. The second-order valence-corrected chi connectivity index (χ2v) is 4.19. The molecule has 2 heterocycles. The molecule has 0 aromatic carbocycles. The molecule has 0 aliphatic carbocycles. The van der Waals surface area contributed by atoms with Gasteiger partial charge in [-0.2, -0.15) is 0 Å². The number of pyridine rings is 1. The van der Waals surface area contributed by atoms with Crippen LogP contribution >= 0.6 is 0 Å². The van der Waals surface area contributed by atoms with Crippen LogP contribution in [-0.2, 0) is 0 Å². The Labute approximate surface area is 97.2 Å². The lowest BCUT2D eigenvalue weighted by molar-refractivity contribution is 0.235. The number of nitrogens with zero attached hydrogens (tertiary/aromatic N) is 3. The van der Waals surface area contributed by atoms with E-state index in [1.165, 1.54) is 32.4 Å². The molecular formula is C13H19N3. The lowest BCUT2D eigenvalue weighted by Gasteiger charge is -2.25. The van der Waals surface area contributed by atoms with Gasteiger partial charge in [0.2, 0.25) is 0 Å². The Balaban J connectivity index is 1.69. The highest BCUT2D eigenvalue weighted by atomic mass is 15.1. The zero-order valence-electron chi connectivity index (χ0n) is 9.68. The van der Waals surface area contributed by atoms with E-state index in [9.17, 15) is 0 Å². The smallest absolute Gasteiger partial charge is 0.0807 e. The molecule has 0 atom stereocenters. The molecule has 86 valence electrons. The van der Waals surface area contributed by atoms with Crippen molar-refractivity contribution in [2.24, 2.45) is 4.99 Å². The first-order chi connectivity index (χ1) is 7.95. The molecule has 0 saturated carbocycles. The van der Waals surface area contributed by atoms with Gasteiger partial charge in [0.15, 0.2) is 0 Å².